The number of carbonyl (C=O) groups is 1. The van der Waals surface area contributed by atoms with E-state index < -0.39 is 0 Å². The van der Waals surface area contributed by atoms with E-state index in [-0.39, 0.29) is 5.91 Å². The van der Waals surface area contributed by atoms with E-state index in [1.807, 2.05) is 36.5 Å². The van der Waals surface area contributed by atoms with Crippen molar-refractivity contribution < 1.29 is 4.79 Å². The highest BCUT2D eigenvalue weighted by atomic mass is 79.9. The average Bonchev–Trinajstić information content (AvgIpc) is 2.90. The fraction of sp³-hybridized carbons (Fsp3) is 0.0667. The predicted molar refractivity (Wildman–Crippen MR) is 85.5 cm³/mol. The number of hydrogen-bond donors (Lipinski definition) is 1. The topological polar surface area (TPSA) is 46.4 Å². The van der Waals surface area contributed by atoms with Crippen LogP contribution in [0.3, 0.4) is 0 Å². The standard InChI is InChI=1S/C15H11BrClN3O/c16-12-5-2-1-4-11(12)15(21)18-8-10-9-20-13(17)6-3-7-14(20)19-10/h1-7,9H,8H2,(H,18,21). The molecule has 21 heavy (non-hydrogen) atoms. The molecule has 0 unspecified atom stereocenters. The molecule has 4 nitrogen and oxygen atoms in total. The van der Waals surface area contributed by atoms with Crippen LogP contribution in [0.5, 0.6) is 0 Å². The second-order valence-electron chi connectivity index (χ2n) is 4.47. The van der Waals surface area contributed by atoms with Gasteiger partial charge in [0.15, 0.2) is 0 Å². The van der Waals surface area contributed by atoms with Crippen LogP contribution >= 0.6 is 27.5 Å². The molecular weight excluding hydrogens is 354 g/mol. The first kappa shape index (κ1) is 14.1. The molecule has 0 aliphatic heterocycles. The Morgan fingerprint density at radius 1 is 1.24 bits per heavy atom. The summed E-state index contributed by atoms with van der Waals surface area (Å²) in [5.41, 5.74) is 2.11. The first-order chi connectivity index (χ1) is 10.1. The van der Waals surface area contributed by atoms with Gasteiger partial charge >= 0.3 is 0 Å². The highest BCUT2D eigenvalue weighted by Gasteiger charge is 2.10. The lowest BCUT2D eigenvalue weighted by molar-refractivity contribution is 0.0949. The van der Waals surface area contributed by atoms with E-state index in [1.165, 1.54) is 0 Å². The number of amides is 1. The zero-order valence-corrected chi connectivity index (χ0v) is 13.2. The highest BCUT2D eigenvalue weighted by Crippen LogP contribution is 2.16. The number of hydrogen-bond acceptors (Lipinski definition) is 2. The van der Waals surface area contributed by atoms with Crippen molar-refractivity contribution >= 4 is 39.1 Å². The Balaban J connectivity index is 1.76. The van der Waals surface area contributed by atoms with E-state index in [0.717, 1.165) is 15.8 Å². The number of pyridine rings is 1. The summed E-state index contributed by atoms with van der Waals surface area (Å²) in [5, 5.41) is 3.44. The van der Waals surface area contributed by atoms with E-state index in [1.54, 1.807) is 16.5 Å². The third-order valence-corrected chi connectivity index (χ3v) is 4.04. The van der Waals surface area contributed by atoms with E-state index in [9.17, 15) is 4.79 Å². The number of nitrogens with one attached hydrogen (secondary N) is 1. The Hall–Kier alpha value is -1.85. The molecule has 0 fully saturated rings. The smallest absolute Gasteiger partial charge is 0.252 e. The largest absolute Gasteiger partial charge is 0.346 e. The molecule has 1 amide bonds. The molecule has 0 aliphatic carbocycles. The quantitative estimate of drug-likeness (QED) is 0.721. The molecule has 0 atom stereocenters. The Bertz CT molecular complexity index is 816. The van der Waals surface area contributed by atoms with Crippen molar-refractivity contribution in [2.75, 3.05) is 0 Å². The maximum absolute atomic E-state index is 12.1. The van der Waals surface area contributed by atoms with E-state index in [2.05, 4.69) is 26.2 Å². The summed E-state index contributed by atoms with van der Waals surface area (Å²) < 4.78 is 2.54. The molecule has 0 bridgehead atoms. The van der Waals surface area contributed by atoms with Crippen molar-refractivity contribution in [1.82, 2.24) is 14.7 Å². The monoisotopic (exact) mass is 363 g/mol. The maximum atomic E-state index is 12.1. The van der Waals surface area contributed by atoms with E-state index >= 15 is 0 Å². The molecule has 2 heterocycles. The minimum Gasteiger partial charge on any atom is -0.346 e. The number of fused-ring (bicyclic) bond motifs is 1. The summed E-state index contributed by atoms with van der Waals surface area (Å²) in [6, 6.07) is 12.8. The summed E-state index contributed by atoms with van der Waals surface area (Å²) >= 11 is 9.44. The lowest BCUT2D eigenvalue weighted by Gasteiger charge is -2.04. The van der Waals surface area contributed by atoms with Crippen LogP contribution in [0, 0.1) is 0 Å². The van der Waals surface area contributed by atoms with Crippen LogP contribution in [0.4, 0.5) is 0 Å². The third kappa shape index (κ3) is 2.94. The fourth-order valence-electron chi connectivity index (χ4n) is 2.02. The summed E-state index contributed by atoms with van der Waals surface area (Å²) in [4.78, 5) is 16.5. The van der Waals surface area contributed by atoms with Crippen LogP contribution in [0.15, 0.2) is 53.1 Å². The van der Waals surface area contributed by atoms with Crippen molar-refractivity contribution in [1.29, 1.82) is 0 Å². The summed E-state index contributed by atoms with van der Waals surface area (Å²) in [6.45, 7) is 0.345. The molecule has 3 rings (SSSR count). The minimum atomic E-state index is -0.148. The van der Waals surface area contributed by atoms with Gasteiger partial charge in [0, 0.05) is 10.7 Å². The SMILES string of the molecule is O=C(NCc1cn2c(Cl)cccc2n1)c1ccccc1Br. The van der Waals surface area contributed by atoms with Gasteiger partial charge in [0.25, 0.3) is 5.91 Å². The zero-order chi connectivity index (χ0) is 14.8. The Labute approximate surface area is 134 Å². The molecule has 0 aliphatic rings. The molecule has 6 heteroatoms. The second kappa shape index (κ2) is 5.87. The normalized spacial score (nSPS) is 10.8. The van der Waals surface area contributed by atoms with Crippen LogP contribution < -0.4 is 5.32 Å². The Kier molecular flexibility index (Phi) is 3.94. The highest BCUT2D eigenvalue weighted by molar-refractivity contribution is 9.10. The van der Waals surface area contributed by atoms with Gasteiger partial charge in [-0.25, -0.2) is 4.98 Å². The second-order valence-corrected chi connectivity index (χ2v) is 5.71. The van der Waals surface area contributed by atoms with Gasteiger partial charge in [0.2, 0.25) is 0 Å². The van der Waals surface area contributed by atoms with Gasteiger partial charge in [0.05, 0.1) is 17.8 Å². The predicted octanol–water partition coefficient (Wildman–Crippen LogP) is 3.68. The maximum Gasteiger partial charge on any atom is 0.252 e. The molecule has 0 radical (unpaired) electrons. The van der Waals surface area contributed by atoms with Gasteiger partial charge in [-0.15, -0.1) is 0 Å². The van der Waals surface area contributed by atoms with Crippen molar-refractivity contribution in [3.8, 4) is 0 Å². The van der Waals surface area contributed by atoms with Gasteiger partial charge < -0.3 is 5.32 Å². The summed E-state index contributed by atoms with van der Waals surface area (Å²) in [7, 11) is 0. The fourth-order valence-corrected chi connectivity index (χ4v) is 2.70. The van der Waals surface area contributed by atoms with Crippen LogP contribution in [-0.2, 0) is 6.54 Å². The first-order valence-corrected chi connectivity index (χ1v) is 7.47. The molecule has 0 saturated heterocycles. The third-order valence-electron chi connectivity index (χ3n) is 3.04. The Morgan fingerprint density at radius 2 is 2.05 bits per heavy atom. The minimum absolute atomic E-state index is 0.148. The number of aromatic nitrogens is 2. The average molecular weight is 365 g/mol. The van der Waals surface area contributed by atoms with E-state index in [4.69, 9.17) is 11.6 Å². The van der Waals surface area contributed by atoms with Gasteiger partial charge in [-0.1, -0.05) is 29.8 Å². The van der Waals surface area contributed by atoms with Crippen LogP contribution in [-0.4, -0.2) is 15.3 Å². The number of rotatable bonds is 3. The van der Waals surface area contributed by atoms with Crippen molar-refractivity contribution in [3.63, 3.8) is 0 Å². The van der Waals surface area contributed by atoms with Crippen molar-refractivity contribution in [2.24, 2.45) is 0 Å². The first-order valence-electron chi connectivity index (χ1n) is 6.30. The van der Waals surface area contributed by atoms with Crippen LogP contribution in [0.2, 0.25) is 5.15 Å². The molecule has 0 saturated carbocycles. The van der Waals surface area contributed by atoms with Crippen LogP contribution in [0.25, 0.3) is 5.65 Å². The van der Waals surface area contributed by atoms with Crippen molar-refractivity contribution in [3.05, 3.63) is 69.5 Å². The van der Waals surface area contributed by atoms with Crippen LogP contribution in [0.1, 0.15) is 16.1 Å². The molecule has 2 aromatic heterocycles. The molecule has 1 N–H and O–H groups in total. The van der Waals surface area contributed by atoms with Gasteiger partial charge in [0.1, 0.15) is 10.8 Å². The summed E-state index contributed by atoms with van der Waals surface area (Å²) in [5.74, 6) is -0.148. The number of nitrogens with zero attached hydrogens (tertiary/aromatic N) is 2. The molecule has 0 spiro atoms. The van der Waals surface area contributed by atoms with Gasteiger partial charge in [-0.2, -0.15) is 0 Å². The van der Waals surface area contributed by atoms with Gasteiger partial charge in [-0.05, 0) is 40.2 Å². The zero-order valence-electron chi connectivity index (χ0n) is 10.9. The lowest BCUT2D eigenvalue weighted by atomic mass is 10.2. The lowest BCUT2D eigenvalue weighted by Crippen LogP contribution is -2.23. The van der Waals surface area contributed by atoms with Crippen molar-refractivity contribution in [2.45, 2.75) is 6.54 Å². The van der Waals surface area contributed by atoms with E-state index in [0.29, 0.717) is 17.3 Å². The number of carbonyl (C=O) groups excluding carboxylic acids is 1. The summed E-state index contributed by atoms with van der Waals surface area (Å²) in [6.07, 6.45) is 1.82. The Morgan fingerprint density at radius 3 is 2.81 bits per heavy atom. The molecular formula is C15H11BrClN3O. The molecule has 3 aromatic rings. The number of imidazole rings is 1. The number of benzene rings is 1. The molecule has 106 valence electrons. The van der Waals surface area contributed by atoms with Gasteiger partial charge in [-0.3, -0.25) is 9.20 Å². The molecule has 1 aromatic carbocycles. The number of halogens is 2.